The molecular formula is C13H8O3. The van der Waals surface area contributed by atoms with Crippen molar-refractivity contribution in [2.75, 3.05) is 0 Å². The van der Waals surface area contributed by atoms with Crippen LogP contribution in [0.2, 0.25) is 0 Å². The van der Waals surface area contributed by atoms with Crippen LogP contribution >= 0.6 is 0 Å². The molecule has 3 nitrogen and oxygen atoms in total. The molecule has 0 bridgehead atoms. The fourth-order valence-electron chi connectivity index (χ4n) is 1.90. The molecular weight excluding hydrogens is 204 g/mol. The number of phenols is 1. The fourth-order valence-corrected chi connectivity index (χ4v) is 1.90. The Hall–Kier alpha value is -2.29. The highest BCUT2D eigenvalue weighted by atomic mass is 16.3. The maximum Gasteiger partial charge on any atom is 0.197 e. The first kappa shape index (κ1) is 8.97. The highest BCUT2D eigenvalue weighted by molar-refractivity contribution is 5.95. The van der Waals surface area contributed by atoms with Crippen LogP contribution in [0, 0.1) is 0 Å². The van der Waals surface area contributed by atoms with Crippen LogP contribution in [0.1, 0.15) is 0 Å². The summed E-state index contributed by atoms with van der Waals surface area (Å²) in [6.07, 6.45) is 1.44. The minimum absolute atomic E-state index is 0.0193. The third kappa shape index (κ3) is 1.05. The van der Waals surface area contributed by atoms with Gasteiger partial charge < -0.3 is 9.52 Å². The van der Waals surface area contributed by atoms with E-state index in [2.05, 4.69) is 0 Å². The Morgan fingerprint density at radius 2 is 1.75 bits per heavy atom. The molecule has 3 rings (SSSR count). The normalized spacial score (nSPS) is 11.0. The van der Waals surface area contributed by atoms with E-state index in [1.807, 2.05) is 0 Å². The molecule has 0 fully saturated rings. The van der Waals surface area contributed by atoms with Gasteiger partial charge in [0.15, 0.2) is 16.9 Å². The number of rotatable bonds is 0. The number of fused-ring (bicyclic) bond motifs is 2. The lowest BCUT2D eigenvalue weighted by molar-refractivity contribution is 0.452. The second kappa shape index (κ2) is 3.10. The van der Waals surface area contributed by atoms with Crippen molar-refractivity contribution in [3.63, 3.8) is 0 Å². The van der Waals surface area contributed by atoms with E-state index in [1.165, 1.54) is 6.26 Å². The summed E-state index contributed by atoms with van der Waals surface area (Å²) >= 11 is 0. The lowest BCUT2D eigenvalue weighted by Gasteiger charge is -2.08. The zero-order valence-electron chi connectivity index (χ0n) is 8.31. The molecule has 0 saturated carbocycles. The Kier molecular flexibility index (Phi) is 1.74. The summed E-state index contributed by atoms with van der Waals surface area (Å²) < 4.78 is 5.18. The molecule has 1 aliphatic heterocycles. The SMILES string of the molecule is O=c1c2cccoc-2c(O)c2ccccc12. The van der Waals surface area contributed by atoms with Gasteiger partial charge >= 0.3 is 0 Å². The molecule has 0 saturated heterocycles. The molecule has 1 aliphatic carbocycles. The van der Waals surface area contributed by atoms with Crippen molar-refractivity contribution < 1.29 is 9.52 Å². The van der Waals surface area contributed by atoms with Crippen molar-refractivity contribution in [3.8, 4) is 17.1 Å². The van der Waals surface area contributed by atoms with Gasteiger partial charge in [-0.3, -0.25) is 4.79 Å². The first-order valence-corrected chi connectivity index (χ1v) is 4.90. The average molecular weight is 212 g/mol. The summed E-state index contributed by atoms with van der Waals surface area (Å²) in [7, 11) is 0. The number of phenolic OH excluding ortho intramolecular Hbond substituents is 1. The van der Waals surface area contributed by atoms with Gasteiger partial charge in [0.05, 0.1) is 11.8 Å². The van der Waals surface area contributed by atoms with Crippen LogP contribution in [0.15, 0.2) is 51.9 Å². The molecule has 0 spiro atoms. The largest absolute Gasteiger partial charge is 0.504 e. The number of hydrogen-bond acceptors (Lipinski definition) is 3. The molecule has 0 aromatic heterocycles. The smallest absolute Gasteiger partial charge is 0.197 e. The van der Waals surface area contributed by atoms with Crippen LogP contribution in [0.3, 0.4) is 0 Å². The fraction of sp³-hybridized carbons (Fsp3) is 0. The number of aromatic hydroxyl groups is 1. The van der Waals surface area contributed by atoms with Crippen molar-refractivity contribution >= 4 is 10.8 Å². The highest BCUT2D eigenvalue weighted by Crippen LogP contribution is 2.34. The van der Waals surface area contributed by atoms with E-state index in [-0.39, 0.29) is 16.9 Å². The maximum atomic E-state index is 12.1. The highest BCUT2D eigenvalue weighted by Gasteiger charge is 2.17. The van der Waals surface area contributed by atoms with Crippen LogP contribution in [0.4, 0.5) is 0 Å². The van der Waals surface area contributed by atoms with Gasteiger partial charge in [0.2, 0.25) is 0 Å². The Morgan fingerprint density at radius 1 is 1.00 bits per heavy atom. The van der Waals surface area contributed by atoms with E-state index < -0.39 is 0 Å². The van der Waals surface area contributed by atoms with Gasteiger partial charge in [0, 0.05) is 10.8 Å². The standard InChI is InChI=1S/C13H8O3/c14-11-8-4-1-2-5-9(8)12(15)13-10(11)6-3-7-16-13/h1-7,15H. The third-order valence-electron chi connectivity index (χ3n) is 2.66. The molecule has 0 amide bonds. The molecule has 1 aromatic carbocycles. The van der Waals surface area contributed by atoms with E-state index in [1.54, 1.807) is 36.4 Å². The van der Waals surface area contributed by atoms with E-state index >= 15 is 0 Å². The molecule has 78 valence electrons. The van der Waals surface area contributed by atoms with Gasteiger partial charge in [-0.1, -0.05) is 24.3 Å². The number of hydrogen-bond donors (Lipinski definition) is 1. The van der Waals surface area contributed by atoms with Crippen molar-refractivity contribution in [2.45, 2.75) is 0 Å². The minimum atomic E-state index is -0.118. The van der Waals surface area contributed by atoms with Crippen molar-refractivity contribution in [1.82, 2.24) is 0 Å². The van der Waals surface area contributed by atoms with Crippen LogP contribution in [-0.4, -0.2) is 5.11 Å². The predicted octanol–water partition coefficient (Wildman–Crippen LogP) is 2.60. The van der Waals surface area contributed by atoms with Crippen LogP contribution in [0.5, 0.6) is 5.75 Å². The quantitative estimate of drug-likeness (QED) is 0.583. The summed E-state index contributed by atoms with van der Waals surface area (Å²) in [5.74, 6) is 0.261. The van der Waals surface area contributed by atoms with Gasteiger partial charge in [-0.15, -0.1) is 0 Å². The number of benzene rings is 2. The second-order valence-electron chi connectivity index (χ2n) is 3.58. The monoisotopic (exact) mass is 212 g/mol. The molecule has 1 heterocycles. The Bertz CT molecular complexity index is 696. The van der Waals surface area contributed by atoms with E-state index in [9.17, 15) is 9.90 Å². The van der Waals surface area contributed by atoms with Crippen LogP contribution in [0.25, 0.3) is 22.1 Å². The first-order valence-electron chi connectivity index (χ1n) is 4.90. The summed E-state index contributed by atoms with van der Waals surface area (Å²) in [4.78, 5) is 12.1. The van der Waals surface area contributed by atoms with Gasteiger partial charge in [0.1, 0.15) is 0 Å². The Morgan fingerprint density at radius 3 is 2.56 bits per heavy atom. The molecule has 16 heavy (non-hydrogen) atoms. The summed E-state index contributed by atoms with van der Waals surface area (Å²) in [5, 5.41) is 11.0. The molecule has 0 atom stereocenters. The van der Waals surface area contributed by atoms with Crippen molar-refractivity contribution in [3.05, 3.63) is 52.9 Å². The van der Waals surface area contributed by atoms with Crippen LogP contribution in [-0.2, 0) is 0 Å². The summed E-state index contributed by atoms with van der Waals surface area (Å²) in [5.41, 5.74) is 0.284. The van der Waals surface area contributed by atoms with Gasteiger partial charge in [-0.25, -0.2) is 0 Å². The average Bonchev–Trinajstić information content (AvgIpc) is 2.36. The maximum absolute atomic E-state index is 12.1. The predicted molar refractivity (Wildman–Crippen MR) is 60.8 cm³/mol. The third-order valence-corrected chi connectivity index (χ3v) is 2.66. The second-order valence-corrected chi connectivity index (χ2v) is 3.58. The molecule has 0 radical (unpaired) electrons. The Balaban J connectivity index is 2.68. The summed E-state index contributed by atoms with van der Waals surface area (Å²) in [6, 6.07) is 10.2. The van der Waals surface area contributed by atoms with Gasteiger partial charge in [0.25, 0.3) is 0 Å². The molecule has 3 heteroatoms. The molecule has 2 aliphatic rings. The Labute approximate surface area is 90.9 Å². The zero-order valence-corrected chi connectivity index (χ0v) is 8.31. The minimum Gasteiger partial charge on any atom is -0.504 e. The van der Waals surface area contributed by atoms with Gasteiger partial charge in [-0.2, -0.15) is 0 Å². The molecule has 0 unspecified atom stereocenters. The molecule has 1 N–H and O–H groups in total. The van der Waals surface area contributed by atoms with Crippen LogP contribution < -0.4 is 5.43 Å². The lowest BCUT2D eigenvalue weighted by atomic mass is 10.0. The van der Waals surface area contributed by atoms with E-state index in [0.717, 1.165) is 0 Å². The molecule has 1 aromatic rings. The summed E-state index contributed by atoms with van der Waals surface area (Å²) in [6.45, 7) is 0. The zero-order chi connectivity index (χ0) is 11.1. The topological polar surface area (TPSA) is 50.4 Å². The lowest BCUT2D eigenvalue weighted by Crippen LogP contribution is -2.06. The van der Waals surface area contributed by atoms with E-state index in [4.69, 9.17) is 4.42 Å². The van der Waals surface area contributed by atoms with Crippen molar-refractivity contribution in [1.29, 1.82) is 0 Å². The van der Waals surface area contributed by atoms with Gasteiger partial charge in [-0.05, 0) is 12.1 Å². The van der Waals surface area contributed by atoms with E-state index in [0.29, 0.717) is 16.3 Å². The van der Waals surface area contributed by atoms with Crippen molar-refractivity contribution in [2.24, 2.45) is 0 Å². The first-order chi connectivity index (χ1) is 7.79.